The molecule has 0 N–H and O–H groups in total. The molecule has 1 heterocycles. The highest BCUT2D eigenvalue weighted by atomic mass is 16.8. The third kappa shape index (κ3) is 17.6. The average molecular weight is 694 g/mol. The Balaban J connectivity index is 1.26. The Kier molecular flexibility index (Phi) is 23.0. The normalized spacial score (nSPS) is 22.8. The second kappa shape index (κ2) is 26.6. The van der Waals surface area contributed by atoms with Crippen LogP contribution in [0.5, 0.6) is 0 Å². The zero-order valence-corrected chi connectivity index (χ0v) is 33.8. The van der Waals surface area contributed by atoms with Gasteiger partial charge in [0.1, 0.15) is 0 Å². The van der Waals surface area contributed by atoms with E-state index in [1.54, 1.807) is 0 Å². The molecular weight excluding hydrogens is 611 g/mol. The van der Waals surface area contributed by atoms with E-state index in [1.165, 1.54) is 154 Å². The average Bonchev–Trinajstić information content (AvgIpc) is 3.65. The van der Waals surface area contributed by atoms with Gasteiger partial charge in [-0.3, -0.25) is 0 Å². The van der Waals surface area contributed by atoms with Crippen molar-refractivity contribution in [2.45, 2.75) is 231 Å². The van der Waals surface area contributed by atoms with Gasteiger partial charge in [0.05, 0.1) is 12.2 Å². The number of hydrogen-bond donors (Lipinski definition) is 0. The maximum Gasteiger partial charge on any atom is 0.170 e. The van der Waals surface area contributed by atoms with Gasteiger partial charge in [0.25, 0.3) is 0 Å². The van der Waals surface area contributed by atoms with E-state index in [9.17, 15) is 0 Å². The molecule has 0 radical (unpaired) electrons. The van der Waals surface area contributed by atoms with Crippen LogP contribution in [0, 0.1) is 5.41 Å². The van der Waals surface area contributed by atoms with Crippen LogP contribution in [0.4, 0.5) is 0 Å². The van der Waals surface area contributed by atoms with Crippen molar-refractivity contribution >= 4 is 0 Å². The number of fused-ring (bicyclic) bond motifs is 1. The van der Waals surface area contributed by atoms with Gasteiger partial charge in [-0.05, 0) is 109 Å². The smallest absolute Gasteiger partial charge is 0.170 e. The van der Waals surface area contributed by atoms with Crippen molar-refractivity contribution in [3.8, 4) is 0 Å². The minimum atomic E-state index is -0.247. The van der Waals surface area contributed by atoms with E-state index in [0.717, 1.165) is 38.5 Å². The molecule has 2 saturated carbocycles. The van der Waals surface area contributed by atoms with Crippen molar-refractivity contribution in [2.75, 3.05) is 14.1 Å². The minimum Gasteiger partial charge on any atom is -0.344 e. The van der Waals surface area contributed by atoms with E-state index in [2.05, 4.69) is 81.5 Å². The second-order valence-corrected chi connectivity index (χ2v) is 16.8. The molecule has 3 heteroatoms. The predicted molar refractivity (Wildman–Crippen MR) is 219 cm³/mol. The Hall–Kier alpha value is -1.16. The first-order valence-corrected chi connectivity index (χ1v) is 22.1. The highest BCUT2D eigenvalue weighted by molar-refractivity contribution is 5.07. The lowest BCUT2D eigenvalue weighted by molar-refractivity contribution is -0.281. The standard InChI is InChI=1S/C47H83NO2/c1-5-7-9-11-13-15-17-19-21-23-25-27-29-31-33-35-37-46(41-47(42-46)49-44-39-43(48(3)4)40-45(44)50-47)38-36-34-32-30-28-26-24-22-20-18-16-14-12-10-8-6-2/h13-16,19-22,43-45H,5-12,17-18,23-42H2,1-4H3/b15-13-,16-14-,21-19-,22-20-/t43-,44+,45-. The fourth-order valence-corrected chi connectivity index (χ4v) is 8.90. The number of rotatable bonds is 31. The summed E-state index contributed by atoms with van der Waals surface area (Å²) in [4.78, 5) is 2.36. The first-order chi connectivity index (χ1) is 24.5. The van der Waals surface area contributed by atoms with Crippen LogP contribution >= 0.6 is 0 Å². The van der Waals surface area contributed by atoms with E-state index in [1.807, 2.05) is 0 Å². The van der Waals surface area contributed by atoms with Gasteiger partial charge in [-0.15, -0.1) is 0 Å². The molecule has 3 fully saturated rings. The molecule has 3 rings (SSSR count). The minimum absolute atomic E-state index is 0.247. The van der Waals surface area contributed by atoms with Crippen LogP contribution in [0.1, 0.15) is 206 Å². The summed E-state index contributed by atoms with van der Waals surface area (Å²) in [6.45, 7) is 4.55. The Morgan fingerprint density at radius 2 is 0.840 bits per heavy atom. The van der Waals surface area contributed by atoms with Crippen molar-refractivity contribution < 1.29 is 9.47 Å². The molecule has 1 spiro atoms. The predicted octanol–water partition coefficient (Wildman–Crippen LogP) is 14.4. The summed E-state index contributed by atoms with van der Waals surface area (Å²) in [6, 6.07) is 0.615. The summed E-state index contributed by atoms with van der Waals surface area (Å²) in [5.74, 6) is -0.247. The van der Waals surface area contributed by atoms with E-state index in [-0.39, 0.29) is 5.79 Å². The van der Waals surface area contributed by atoms with Gasteiger partial charge >= 0.3 is 0 Å². The molecule has 1 aliphatic heterocycles. The van der Waals surface area contributed by atoms with E-state index < -0.39 is 0 Å². The van der Waals surface area contributed by atoms with Crippen LogP contribution in [0.15, 0.2) is 48.6 Å². The maximum absolute atomic E-state index is 6.74. The summed E-state index contributed by atoms with van der Waals surface area (Å²) >= 11 is 0. The van der Waals surface area contributed by atoms with E-state index in [4.69, 9.17) is 9.47 Å². The highest BCUT2D eigenvalue weighted by Crippen LogP contribution is 2.61. The third-order valence-electron chi connectivity index (χ3n) is 12.0. The lowest BCUT2D eigenvalue weighted by Gasteiger charge is -2.54. The molecule has 3 nitrogen and oxygen atoms in total. The fraction of sp³-hybridized carbons (Fsp3) is 0.830. The van der Waals surface area contributed by atoms with E-state index in [0.29, 0.717) is 23.7 Å². The number of nitrogens with zero attached hydrogens (tertiary/aromatic N) is 1. The first-order valence-electron chi connectivity index (χ1n) is 22.1. The van der Waals surface area contributed by atoms with Gasteiger partial charge in [0.15, 0.2) is 5.79 Å². The lowest BCUT2D eigenvalue weighted by atomic mass is 9.59. The molecule has 0 aromatic rings. The molecule has 3 aliphatic rings. The Labute approximate surface area is 312 Å². The number of ether oxygens (including phenoxy) is 2. The largest absolute Gasteiger partial charge is 0.344 e. The quantitative estimate of drug-likeness (QED) is 0.0533. The summed E-state index contributed by atoms with van der Waals surface area (Å²) < 4.78 is 13.5. The summed E-state index contributed by atoms with van der Waals surface area (Å²) in [6.07, 6.45) is 58.9. The van der Waals surface area contributed by atoms with E-state index >= 15 is 0 Å². The number of hydrogen-bond acceptors (Lipinski definition) is 3. The van der Waals surface area contributed by atoms with Crippen molar-refractivity contribution in [3.05, 3.63) is 48.6 Å². The molecule has 0 unspecified atom stereocenters. The number of unbranched alkanes of at least 4 members (excludes halogenated alkanes) is 18. The molecule has 288 valence electrons. The fourth-order valence-electron chi connectivity index (χ4n) is 8.90. The van der Waals surface area contributed by atoms with Crippen LogP contribution < -0.4 is 0 Å². The maximum atomic E-state index is 6.74. The molecule has 0 aromatic heterocycles. The van der Waals surface area contributed by atoms with Gasteiger partial charge in [-0.1, -0.05) is 152 Å². The molecule has 2 aliphatic carbocycles. The molecule has 3 atom stereocenters. The SMILES string of the molecule is CCCCC/C=C\C/C=C\CCCCCCCCC1(CCCCCCCC/C=C\C/C=C\CCCCC)CC2(C1)O[C@H]1C[C@@H](N(C)C)C[C@H]1O2. The van der Waals surface area contributed by atoms with Crippen LogP contribution in [0.3, 0.4) is 0 Å². The second-order valence-electron chi connectivity index (χ2n) is 16.8. The molecule has 0 aromatic carbocycles. The van der Waals surface area contributed by atoms with Gasteiger partial charge in [0.2, 0.25) is 0 Å². The van der Waals surface area contributed by atoms with Gasteiger partial charge in [-0.25, -0.2) is 0 Å². The Bertz CT molecular complexity index is 875. The molecule has 50 heavy (non-hydrogen) atoms. The van der Waals surface area contributed by atoms with Crippen LogP contribution in [0.25, 0.3) is 0 Å². The first kappa shape index (κ1) is 43.2. The molecule has 0 bridgehead atoms. The summed E-state index contributed by atoms with van der Waals surface area (Å²) in [5.41, 5.74) is 0.462. The molecule has 0 amide bonds. The third-order valence-corrected chi connectivity index (χ3v) is 12.0. The van der Waals surface area contributed by atoms with Crippen LogP contribution in [-0.4, -0.2) is 43.0 Å². The lowest BCUT2D eigenvalue weighted by Crippen LogP contribution is -2.53. The van der Waals surface area contributed by atoms with Crippen molar-refractivity contribution in [1.82, 2.24) is 4.90 Å². The number of allylic oxidation sites excluding steroid dienone is 8. The monoisotopic (exact) mass is 694 g/mol. The van der Waals surface area contributed by atoms with Gasteiger partial charge in [-0.2, -0.15) is 0 Å². The zero-order valence-electron chi connectivity index (χ0n) is 33.8. The Morgan fingerprint density at radius 1 is 0.480 bits per heavy atom. The highest BCUT2D eigenvalue weighted by Gasteiger charge is 2.62. The van der Waals surface area contributed by atoms with Crippen molar-refractivity contribution in [2.24, 2.45) is 5.41 Å². The Morgan fingerprint density at radius 3 is 1.22 bits per heavy atom. The summed E-state index contributed by atoms with van der Waals surface area (Å²) in [7, 11) is 4.41. The van der Waals surface area contributed by atoms with Gasteiger partial charge in [0, 0.05) is 18.9 Å². The van der Waals surface area contributed by atoms with Crippen molar-refractivity contribution in [3.63, 3.8) is 0 Å². The van der Waals surface area contributed by atoms with Crippen LogP contribution in [0.2, 0.25) is 0 Å². The van der Waals surface area contributed by atoms with Gasteiger partial charge < -0.3 is 14.4 Å². The molecular formula is C47H83NO2. The van der Waals surface area contributed by atoms with Crippen LogP contribution in [-0.2, 0) is 9.47 Å². The topological polar surface area (TPSA) is 21.7 Å². The molecule has 1 saturated heterocycles. The van der Waals surface area contributed by atoms with Crippen molar-refractivity contribution in [1.29, 1.82) is 0 Å². The zero-order chi connectivity index (χ0) is 35.6. The summed E-state index contributed by atoms with van der Waals surface area (Å²) in [5, 5.41) is 0.